The fourth-order valence-corrected chi connectivity index (χ4v) is 2.71. The number of halogens is 3. The van der Waals surface area contributed by atoms with E-state index in [2.05, 4.69) is 15.3 Å². The molecule has 8 heteroatoms. The maximum absolute atomic E-state index is 12.6. The van der Waals surface area contributed by atoms with E-state index in [4.69, 9.17) is 0 Å². The van der Waals surface area contributed by atoms with Gasteiger partial charge in [-0.15, -0.1) is 0 Å². The molecule has 5 nitrogen and oxygen atoms in total. The highest BCUT2D eigenvalue weighted by atomic mass is 19.4. The molecule has 1 aliphatic rings. The van der Waals surface area contributed by atoms with E-state index in [1.54, 1.807) is 24.4 Å². The Hall–Kier alpha value is -2.90. The third-order valence-corrected chi connectivity index (χ3v) is 4.03. The first-order chi connectivity index (χ1) is 12.4. The summed E-state index contributed by atoms with van der Waals surface area (Å²) in [5.41, 5.74) is -0.0883. The first-order valence-electron chi connectivity index (χ1n) is 8.09. The van der Waals surface area contributed by atoms with Gasteiger partial charge < -0.3 is 10.2 Å². The highest BCUT2D eigenvalue weighted by Crippen LogP contribution is 2.29. The van der Waals surface area contributed by atoms with Gasteiger partial charge in [-0.3, -0.25) is 9.78 Å². The number of anilines is 1. The second-order valence-electron chi connectivity index (χ2n) is 5.93. The van der Waals surface area contributed by atoms with Crippen LogP contribution in [0.5, 0.6) is 0 Å². The molecule has 3 heterocycles. The zero-order valence-electron chi connectivity index (χ0n) is 13.8. The molecule has 0 bridgehead atoms. The minimum atomic E-state index is -4.40. The Morgan fingerprint density at radius 3 is 2.73 bits per heavy atom. The van der Waals surface area contributed by atoms with Crippen LogP contribution in [0.2, 0.25) is 0 Å². The molecule has 26 heavy (non-hydrogen) atoms. The third kappa shape index (κ3) is 4.59. The van der Waals surface area contributed by atoms with Gasteiger partial charge in [0.1, 0.15) is 5.82 Å². The lowest BCUT2D eigenvalue weighted by Crippen LogP contribution is -2.36. The van der Waals surface area contributed by atoms with Crippen molar-refractivity contribution in [2.45, 2.75) is 18.6 Å². The average Bonchev–Trinajstić information content (AvgIpc) is 3.09. The Morgan fingerprint density at radius 2 is 2.08 bits per heavy atom. The number of amides is 1. The first-order valence-corrected chi connectivity index (χ1v) is 8.09. The molecular formula is C18H17F3N4O. The van der Waals surface area contributed by atoms with E-state index in [9.17, 15) is 18.0 Å². The fraction of sp³-hybridized carbons (Fsp3) is 0.278. The number of aromatic nitrogens is 2. The van der Waals surface area contributed by atoms with Crippen molar-refractivity contribution in [1.29, 1.82) is 0 Å². The van der Waals surface area contributed by atoms with Gasteiger partial charge in [0.25, 0.3) is 0 Å². The normalized spacial score (nSPS) is 17.7. The summed E-state index contributed by atoms with van der Waals surface area (Å²) in [6, 6.07) is 7.70. The summed E-state index contributed by atoms with van der Waals surface area (Å²) in [7, 11) is 0. The maximum atomic E-state index is 12.6. The quantitative estimate of drug-likeness (QED) is 0.850. The van der Waals surface area contributed by atoms with Gasteiger partial charge in [0.2, 0.25) is 5.91 Å². The van der Waals surface area contributed by atoms with Crippen LogP contribution in [0.1, 0.15) is 17.7 Å². The second-order valence-corrected chi connectivity index (χ2v) is 5.93. The van der Waals surface area contributed by atoms with Crippen LogP contribution < -0.4 is 10.2 Å². The van der Waals surface area contributed by atoms with Crippen molar-refractivity contribution < 1.29 is 18.0 Å². The Bertz CT molecular complexity index is 775. The second kappa shape index (κ2) is 7.55. The van der Waals surface area contributed by atoms with Gasteiger partial charge in [0.05, 0.1) is 11.3 Å². The number of hydrogen-bond donors (Lipinski definition) is 1. The number of pyridine rings is 2. The minimum Gasteiger partial charge on any atom is -0.354 e. The van der Waals surface area contributed by atoms with Crippen LogP contribution >= 0.6 is 0 Å². The van der Waals surface area contributed by atoms with E-state index in [0.29, 0.717) is 31.0 Å². The molecule has 0 saturated carbocycles. The zero-order chi connectivity index (χ0) is 18.6. The number of nitrogens with one attached hydrogen (secondary N) is 1. The molecular weight excluding hydrogens is 345 g/mol. The minimum absolute atomic E-state index is 0.0834. The van der Waals surface area contributed by atoms with Crippen molar-refractivity contribution in [1.82, 2.24) is 15.3 Å². The molecule has 0 spiro atoms. The van der Waals surface area contributed by atoms with Crippen molar-refractivity contribution in [2.75, 3.05) is 18.0 Å². The molecule has 1 fully saturated rings. The predicted molar refractivity (Wildman–Crippen MR) is 91.3 cm³/mol. The van der Waals surface area contributed by atoms with Crippen LogP contribution in [0.25, 0.3) is 6.08 Å². The Balaban J connectivity index is 1.53. The third-order valence-electron chi connectivity index (χ3n) is 4.03. The van der Waals surface area contributed by atoms with Crippen LogP contribution in [0, 0.1) is 0 Å². The summed E-state index contributed by atoms with van der Waals surface area (Å²) < 4.78 is 37.8. The molecule has 1 unspecified atom stereocenters. The van der Waals surface area contributed by atoms with Crippen LogP contribution in [0.3, 0.4) is 0 Å². The maximum Gasteiger partial charge on any atom is 0.417 e. The van der Waals surface area contributed by atoms with E-state index in [-0.39, 0.29) is 11.9 Å². The van der Waals surface area contributed by atoms with Gasteiger partial charge in [-0.05, 0) is 36.8 Å². The van der Waals surface area contributed by atoms with E-state index in [1.807, 2.05) is 11.0 Å². The highest BCUT2D eigenvalue weighted by Gasteiger charge is 2.31. The summed E-state index contributed by atoms with van der Waals surface area (Å²) in [5, 5.41) is 2.88. The molecule has 0 aliphatic carbocycles. The van der Waals surface area contributed by atoms with Crippen molar-refractivity contribution >= 4 is 17.8 Å². The SMILES string of the molecule is O=C(C=Cc1ccccn1)NC1CCN(c2ccc(C(F)(F)F)cn2)C1. The van der Waals surface area contributed by atoms with Crippen molar-refractivity contribution in [3.8, 4) is 0 Å². The lowest BCUT2D eigenvalue weighted by atomic mass is 10.2. The van der Waals surface area contributed by atoms with Crippen LogP contribution in [-0.4, -0.2) is 35.0 Å². The largest absolute Gasteiger partial charge is 0.417 e. The van der Waals surface area contributed by atoms with E-state index in [0.717, 1.165) is 12.3 Å². The summed E-state index contributed by atoms with van der Waals surface area (Å²) in [6.45, 7) is 1.12. The Labute approximate surface area is 148 Å². The van der Waals surface area contributed by atoms with Crippen LogP contribution in [0.4, 0.5) is 19.0 Å². The predicted octanol–water partition coefficient (Wildman–Crippen LogP) is 2.90. The average molecular weight is 362 g/mol. The van der Waals surface area contributed by atoms with Crippen molar-refractivity contribution in [2.24, 2.45) is 0 Å². The zero-order valence-corrected chi connectivity index (χ0v) is 13.8. The summed E-state index contributed by atoms with van der Waals surface area (Å²) >= 11 is 0. The molecule has 3 rings (SSSR count). The van der Waals surface area contributed by atoms with E-state index >= 15 is 0 Å². The first kappa shape index (κ1) is 17.9. The van der Waals surface area contributed by atoms with Gasteiger partial charge >= 0.3 is 6.18 Å². The molecule has 2 aromatic rings. The molecule has 1 aliphatic heterocycles. The smallest absolute Gasteiger partial charge is 0.354 e. The molecule has 1 N–H and O–H groups in total. The number of carbonyl (C=O) groups excluding carboxylic acids is 1. The molecule has 2 aromatic heterocycles. The molecule has 1 amide bonds. The van der Waals surface area contributed by atoms with Crippen molar-refractivity contribution in [3.63, 3.8) is 0 Å². The van der Waals surface area contributed by atoms with Gasteiger partial charge in [-0.25, -0.2) is 4.98 Å². The molecule has 0 radical (unpaired) electrons. The summed E-state index contributed by atoms with van der Waals surface area (Å²) in [6.07, 6.45) is 1.82. The topological polar surface area (TPSA) is 58.1 Å². The van der Waals surface area contributed by atoms with Gasteiger partial charge in [-0.2, -0.15) is 13.2 Å². The van der Waals surface area contributed by atoms with Gasteiger partial charge in [0, 0.05) is 37.6 Å². The Kier molecular flexibility index (Phi) is 5.20. The monoisotopic (exact) mass is 362 g/mol. The molecule has 1 saturated heterocycles. The lowest BCUT2D eigenvalue weighted by molar-refractivity contribution is -0.137. The van der Waals surface area contributed by atoms with Crippen molar-refractivity contribution in [3.05, 3.63) is 60.1 Å². The van der Waals surface area contributed by atoms with Gasteiger partial charge in [0.15, 0.2) is 0 Å². The number of nitrogens with zero attached hydrogens (tertiary/aromatic N) is 3. The van der Waals surface area contributed by atoms with E-state index in [1.165, 1.54) is 12.1 Å². The van der Waals surface area contributed by atoms with Crippen LogP contribution in [-0.2, 0) is 11.0 Å². The highest BCUT2D eigenvalue weighted by molar-refractivity contribution is 5.91. The van der Waals surface area contributed by atoms with E-state index < -0.39 is 11.7 Å². The standard InChI is InChI=1S/C18H17F3N4O/c19-18(20,21)13-4-6-16(23-11-13)25-10-8-15(12-25)24-17(26)7-5-14-3-1-2-9-22-14/h1-7,9,11,15H,8,10,12H2,(H,24,26). The molecule has 1 atom stereocenters. The number of carbonyl (C=O) groups is 1. The number of rotatable bonds is 4. The fourth-order valence-electron chi connectivity index (χ4n) is 2.71. The lowest BCUT2D eigenvalue weighted by Gasteiger charge is -2.18. The molecule has 0 aromatic carbocycles. The summed E-state index contributed by atoms with van der Waals surface area (Å²) in [5.74, 6) is 0.238. The molecule has 136 valence electrons. The van der Waals surface area contributed by atoms with Crippen LogP contribution in [0.15, 0.2) is 48.8 Å². The van der Waals surface area contributed by atoms with Gasteiger partial charge in [-0.1, -0.05) is 6.07 Å². The number of hydrogen-bond acceptors (Lipinski definition) is 4. The Morgan fingerprint density at radius 1 is 1.23 bits per heavy atom. The number of alkyl halides is 3. The summed E-state index contributed by atoms with van der Waals surface area (Å²) in [4.78, 5) is 21.8.